The third kappa shape index (κ3) is 9.43. The van der Waals surface area contributed by atoms with Crippen LogP contribution in [0.4, 0.5) is 13.2 Å². The van der Waals surface area contributed by atoms with Gasteiger partial charge in [0.1, 0.15) is 11.7 Å². The zero-order chi connectivity index (χ0) is 32.0. The molecule has 0 saturated heterocycles. The van der Waals surface area contributed by atoms with E-state index in [9.17, 15) is 22.8 Å². The molecule has 2 aromatic carbocycles. The molecule has 44 heavy (non-hydrogen) atoms. The Morgan fingerprint density at radius 3 is 2.11 bits per heavy atom. The fourth-order valence-electron chi connectivity index (χ4n) is 4.72. The summed E-state index contributed by atoms with van der Waals surface area (Å²) in [6.45, 7) is 5.18. The molecule has 0 fully saturated rings. The van der Waals surface area contributed by atoms with Gasteiger partial charge in [-0.2, -0.15) is 13.2 Å². The molecule has 7 nitrogen and oxygen atoms in total. The number of hydrogen-bond donors (Lipinski definition) is 0. The van der Waals surface area contributed by atoms with Crippen LogP contribution >= 0.6 is 0 Å². The fraction of sp³-hybridized carbons (Fsp3) is 0.471. The van der Waals surface area contributed by atoms with E-state index < -0.39 is 29.6 Å². The number of ether oxygens (including phenoxy) is 5. The Morgan fingerprint density at radius 2 is 1.52 bits per heavy atom. The number of carbonyl (C=O) groups is 2. The van der Waals surface area contributed by atoms with Crippen molar-refractivity contribution in [2.24, 2.45) is 5.92 Å². The lowest BCUT2D eigenvalue weighted by Gasteiger charge is -2.37. The maximum absolute atomic E-state index is 14.5. The summed E-state index contributed by atoms with van der Waals surface area (Å²) in [5.74, 6) is -3.58. The molecule has 0 N–H and O–H groups in total. The Hall–Kier alpha value is -3.63. The number of benzene rings is 2. The molecule has 3 rings (SSSR count). The minimum Gasteiger partial charge on any atom is -0.465 e. The Labute approximate surface area is 257 Å². The van der Waals surface area contributed by atoms with E-state index in [1.807, 2.05) is 26.0 Å². The molecule has 3 unspecified atom stereocenters. The van der Waals surface area contributed by atoms with Crippen LogP contribution in [0.15, 0.2) is 72.8 Å². The second-order valence-corrected chi connectivity index (χ2v) is 10.4. The van der Waals surface area contributed by atoms with Crippen LogP contribution < -0.4 is 4.74 Å². The van der Waals surface area contributed by atoms with Gasteiger partial charge >= 0.3 is 18.1 Å². The predicted molar refractivity (Wildman–Crippen MR) is 160 cm³/mol. The minimum absolute atomic E-state index is 0.0380. The zero-order valence-corrected chi connectivity index (χ0v) is 25.4. The number of rotatable bonds is 17. The van der Waals surface area contributed by atoms with Crippen LogP contribution in [0.5, 0.6) is 5.75 Å². The monoisotopic (exact) mass is 618 g/mol. The Morgan fingerprint density at radius 1 is 0.886 bits per heavy atom. The molecule has 240 valence electrons. The number of alkyl halides is 3. The standard InChI is InChI=1S/C34H41F3O7/c1-4-12-30(40-3)43-28-20-18-26(19-21-28)25-14-16-27(17-15-25)31(38)44-33(34(35,36)37)22-9-8-13-29(33)32(39)42-24-11-7-6-10-23-41-5-2/h8-9,13-22,29-30H,4-7,10-12,23-24H2,1-3H3. The normalized spacial score (nSPS) is 18.5. The quantitative estimate of drug-likeness (QED) is 0.102. The molecule has 0 amide bonds. The summed E-state index contributed by atoms with van der Waals surface area (Å²) in [5.41, 5.74) is -1.76. The number of esters is 2. The van der Waals surface area contributed by atoms with Crippen LogP contribution in [0.25, 0.3) is 11.1 Å². The third-order valence-electron chi connectivity index (χ3n) is 7.17. The molecule has 2 aromatic rings. The molecule has 10 heteroatoms. The van der Waals surface area contributed by atoms with E-state index in [1.54, 1.807) is 31.4 Å². The van der Waals surface area contributed by atoms with Gasteiger partial charge in [0.05, 0.1) is 12.2 Å². The highest BCUT2D eigenvalue weighted by Crippen LogP contribution is 2.44. The molecular weight excluding hydrogens is 577 g/mol. The summed E-state index contributed by atoms with van der Waals surface area (Å²) in [4.78, 5) is 25.9. The van der Waals surface area contributed by atoms with Crippen molar-refractivity contribution in [2.75, 3.05) is 26.9 Å². The van der Waals surface area contributed by atoms with Gasteiger partial charge in [-0.25, -0.2) is 4.79 Å². The average Bonchev–Trinajstić information content (AvgIpc) is 3.02. The number of hydrogen-bond acceptors (Lipinski definition) is 7. The first kappa shape index (κ1) is 34.9. The van der Waals surface area contributed by atoms with Gasteiger partial charge in [-0.1, -0.05) is 62.3 Å². The van der Waals surface area contributed by atoms with Crippen molar-refractivity contribution in [2.45, 2.75) is 70.4 Å². The molecule has 0 radical (unpaired) electrons. The van der Waals surface area contributed by atoms with Gasteiger partial charge < -0.3 is 23.7 Å². The van der Waals surface area contributed by atoms with Crippen molar-refractivity contribution >= 4 is 11.9 Å². The van der Waals surface area contributed by atoms with E-state index in [0.29, 0.717) is 31.5 Å². The molecule has 1 aliphatic rings. The van der Waals surface area contributed by atoms with Gasteiger partial charge in [-0.05, 0) is 67.7 Å². The van der Waals surface area contributed by atoms with Crippen LogP contribution in [0.1, 0.15) is 62.7 Å². The van der Waals surface area contributed by atoms with Crippen molar-refractivity contribution in [3.63, 3.8) is 0 Å². The molecule has 0 spiro atoms. The van der Waals surface area contributed by atoms with Gasteiger partial charge in [0.2, 0.25) is 5.60 Å². The molecule has 0 saturated carbocycles. The van der Waals surface area contributed by atoms with E-state index in [-0.39, 0.29) is 18.5 Å². The number of methoxy groups -OCH3 is 1. The molecule has 1 aliphatic carbocycles. The van der Waals surface area contributed by atoms with E-state index in [1.165, 1.54) is 18.2 Å². The average molecular weight is 619 g/mol. The maximum atomic E-state index is 14.5. The van der Waals surface area contributed by atoms with Gasteiger partial charge in [0, 0.05) is 26.7 Å². The fourth-order valence-corrected chi connectivity index (χ4v) is 4.72. The van der Waals surface area contributed by atoms with Crippen LogP contribution in [-0.2, 0) is 23.7 Å². The second kappa shape index (κ2) is 17.0. The zero-order valence-electron chi connectivity index (χ0n) is 25.4. The topological polar surface area (TPSA) is 80.3 Å². The molecule has 0 bridgehead atoms. The highest BCUT2D eigenvalue weighted by molar-refractivity contribution is 5.91. The van der Waals surface area contributed by atoms with E-state index in [2.05, 4.69) is 0 Å². The number of carbonyl (C=O) groups excluding carboxylic acids is 2. The van der Waals surface area contributed by atoms with Crippen LogP contribution in [-0.4, -0.2) is 56.9 Å². The van der Waals surface area contributed by atoms with Gasteiger partial charge in [-0.15, -0.1) is 0 Å². The number of unbranched alkanes of at least 4 members (excludes halogenated alkanes) is 3. The number of halogens is 3. The summed E-state index contributed by atoms with van der Waals surface area (Å²) < 4.78 is 70.3. The highest BCUT2D eigenvalue weighted by atomic mass is 19.4. The summed E-state index contributed by atoms with van der Waals surface area (Å²) >= 11 is 0. The van der Waals surface area contributed by atoms with E-state index >= 15 is 0 Å². The summed E-state index contributed by atoms with van der Waals surface area (Å²) in [5, 5.41) is 0. The molecule has 0 aromatic heterocycles. The predicted octanol–water partition coefficient (Wildman–Crippen LogP) is 7.85. The van der Waals surface area contributed by atoms with Gasteiger partial charge in [0.15, 0.2) is 6.29 Å². The first-order valence-electron chi connectivity index (χ1n) is 15.0. The van der Waals surface area contributed by atoms with Crippen molar-refractivity contribution < 1.29 is 46.4 Å². The van der Waals surface area contributed by atoms with Gasteiger partial charge in [-0.3, -0.25) is 4.79 Å². The van der Waals surface area contributed by atoms with E-state index in [4.69, 9.17) is 23.7 Å². The summed E-state index contributed by atoms with van der Waals surface area (Å²) in [6, 6.07) is 13.2. The molecule has 0 heterocycles. The Balaban J connectivity index is 1.67. The Bertz CT molecular complexity index is 1240. The lowest BCUT2D eigenvalue weighted by molar-refractivity contribution is -0.254. The van der Waals surface area contributed by atoms with Crippen LogP contribution in [0.3, 0.4) is 0 Å². The van der Waals surface area contributed by atoms with Crippen LogP contribution in [0.2, 0.25) is 0 Å². The second-order valence-electron chi connectivity index (χ2n) is 10.4. The minimum atomic E-state index is -5.09. The molecule has 0 aliphatic heterocycles. The van der Waals surface area contributed by atoms with Crippen molar-refractivity contribution in [3.8, 4) is 16.9 Å². The summed E-state index contributed by atoms with van der Waals surface area (Å²) in [7, 11) is 1.58. The Kier molecular flexibility index (Phi) is 13.5. The van der Waals surface area contributed by atoms with Crippen molar-refractivity contribution in [1.82, 2.24) is 0 Å². The number of allylic oxidation sites excluding steroid dienone is 2. The highest BCUT2D eigenvalue weighted by Gasteiger charge is 2.64. The SMILES string of the molecule is CCCC(OC)Oc1ccc(-c2ccc(C(=O)OC3(C(F)(F)F)C=CC=CC3C(=O)OCCCCCCOCC)cc2)cc1. The first-order chi connectivity index (χ1) is 21.1. The van der Waals surface area contributed by atoms with E-state index in [0.717, 1.165) is 55.4 Å². The smallest absolute Gasteiger partial charge is 0.433 e. The summed E-state index contributed by atoms with van der Waals surface area (Å²) in [6.07, 6.45) is 3.30. The third-order valence-corrected chi connectivity index (χ3v) is 7.17. The van der Waals surface area contributed by atoms with Crippen molar-refractivity contribution in [3.05, 3.63) is 78.4 Å². The van der Waals surface area contributed by atoms with Crippen molar-refractivity contribution in [1.29, 1.82) is 0 Å². The molecule has 3 atom stereocenters. The maximum Gasteiger partial charge on any atom is 0.433 e. The lowest BCUT2D eigenvalue weighted by atomic mass is 9.82. The first-order valence-corrected chi connectivity index (χ1v) is 15.0. The molecular formula is C34H41F3O7. The van der Waals surface area contributed by atoms with Gasteiger partial charge in [0.25, 0.3) is 0 Å². The lowest BCUT2D eigenvalue weighted by Crippen LogP contribution is -2.56. The van der Waals surface area contributed by atoms with Crippen LogP contribution in [0, 0.1) is 5.92 Å². The largest absolute Gasteiger partial charge is 0.465 e.